The molecule has 29 heavy (non-hydrogen) atoms. The Balaban J connectivity index is -0.00000338. The molecule has 0 saturated heterocycles. The normalized spacial score (nSPS) is 11.7. The fraction of sp³-hybridized carbons (Fsp3) is 1.00. The van der Waals surface area contributed by atoms with Gasteiger partial charge >= 0.3 is 175 Å². The average molecular weight is 471 g/mol. The van der Waals surface area contributed by atoms with Crippen LogP contribution in [0.5, 0.6) is 0 Å². The third-order valence-electron chi connectivity index (χ3n) is 6.93. The van der Waals surface area contributed by atoms with Crippen molar-refractivity contribution in [3.8, 4) is 0 Å². The molecule has 0 aliphatic heterocycles. The Morgan fingerprint density at radius 1 is 0.379 bits per heavy atom. The van der Waals surface area contributed by atoms with Crippen LogP contribution in [0.15, 0.2) is 0 Å². The van der Waals surface area contributed by atoms with Crippen molar-refractivity contribution < 1.29 is 0 Å². The molecule has 0 aromatic rings. The van der Waals surface area contributed by atoms with Gasteiger partial charge in [0.1, 0.15) is 0 Å². The van der Waals surface area contributed by atoms with Crippen molar-refractivity contribution in [2.75, 3.05) is 24.6 Å². The van der Waals surface area contributed by atoms with E-state index in [0.717, 1.165) is 0 Å². The Kier molecular flexibility index (Phi) is 32.6. The van der Waals surface area contributed by atoms with E-state index in [1.807, 2.05) is 0 Å². The summed E-state index contributed by atoms with van der Waals surface area (Å²) >= 11 is 0. The number of hydrogen-bond donors (Lipinski definition) is 0. The van der Waals surface area contributed by atoms with Crippen molar-refractivity contribution in [3.63, 3.8) is 0 Å². The molecule has 0 bridgehead atoms. The second-order valence-corrected chi connectivity index (χ2v) is 14.6. The van der Waals surface area contributed by atoms with Crippen LogP contribution in [0, 0.1) is 0 Å². The Hall–Kier alpha value is 1.15. The molecule has 0 heterocycles. The summed E-state index contributed by atoms with van der Waals surface area (Å²) in [6, 6.07) is 0. The van der Waals surface area contributed by atoms with Gasteiger partial charge in [-0.15, -0.1) is 12.4 Å². The molecule has 0 fully saturated rings. The summed E-state index contributed by atoms with van der Waals surface area (Å²) in [6.07, 6.45) is 33.1. The predicted octanol–water partition coefficient (Wildman–Crippen LogP) is 10.3. The topological polar surface area (TPSA) is 0 Å². The first kappa shape index (κ1) is 34.8. The van der Waals surface area contributed by atoms with E-state index in [1.54, 1.807) is 43.9 Å². The van der Waals surface area contributed by atoms with Crippen LogP contribution >= 0.6 is 29.6 Å². The quantitative estimate of drug-likeness (QED) is 0.109. The van der Waals surface area contributed by atoms with Crippen LogP contribution in [0.1, 0.15) is 143 Å². The molecule has 0 aliphatic rings. The average Bonchev–Trinajstić information content (AvgIpc) is 2.69. The molecular formula is C26H61ClP2. The van der Waals surface area contributed by atoms with Gasteiger partial charge in [-0.25, -0.2) is 0 Å². The van der Waals surface area contributed by atoms with E-state index in [0.29, 0.717) is 0 Å². The third kappa shape index (κ3) is 22.1. The maximum atomic E-state index is 2.55. The zero-order chi connectivity index (χ0) is 20.1. The van der Waals surface area contributed by atoms with Gasteiger partial charge < -0.3 is 0 Å². The molecule has 0 saturated carbocycles. The fourth-order valence-corrected chi connectivity index (χ4v) is 9.56. The smallest absolute Gasteiger partial charge is 0.147 e. The minimum atomic E-state index is -0.975. The molecule has 0 spiro atoms. The van der Waals surface area contributed by atoms with Crippen LogP contribution in [-0.4, -0.2) is 24.6 Å². The van der Waals surface area contributed by atoms with Gasteiger partial charge in [-0.2, -0.15) is 9.90 Å². The van der Waals surface area contributed by atoms with E-state index in [9.17, 15) is 0 Å². The van der Waals surface area contributed by atoms with Crippen LogP contribution in [0.3, 0.4) is 0 Å². The Labute approximate surface area is 197 Å². The Morgan fingerprint density at radius 3 is 0.862 bits per heavy atom. The van der Waals surface area contributed by atoms with E-state index in [2.05, 4.69) is 27.7 Å². The number of halogens is 1. The van der Waals surface area contributed by atoms with E-state index in [4.69, 9.17) is 0 Å². The molecule has 1 atom stereocenters. The monoisotopic (exact) mass is 470 g/mol. The van der Waals surface area contributed by atoms with Crippen molar-refractivity contribution in [2.24, 2.45) is 0 Å². The van der Waals surface area contributed by atoms with Crippen molar-refractivity contribution in [1.29, 1.82) is 0 Å². The largest absolute Gasteiger partial charge is 0.153 e. The Morgan fingerprint density at radius 2 is 0.621 bits per heavy atom. The van der Waals surface area contributed by atoms with Crippen LogP contribution in [0.2, 0.25) is 0 Å². The SMILES string of the molecule is CCCCCCCC[PH](CC)(CCCCCCCC)CCCCCCCC.Cl.P. The summed E-state index contributed by atoms with van der Waals surface area (Å²) in [4.78, 5) is 0. The second kappa shape index (κ2) is 27.2. The second-order valence-electron chi connectivity index (χ2n) is 9.41. The Bertz CT molecular complexity index is 243. The summed E-state index contributed by atoms with van der Waals surface area (Å²) in [5.41, 5.74) is 0. The van der Waals surface area contributed by atoms with Crippen molar-refractivity contribution in [1.82, 2.24) is 0 Å². The molecule has 0 nitrogen and oxygen atoms in total. The van der Waals surface area contributed by atoms with Gasteiger partial charge in [0.05, 0.1) is 0 Å². The van der Waals surface area contributed by atoms with Crippen LogP contribution < -0.4 is 0 Å². The van der Waals surface area contributed by atoms with Gasteiger partial charge in [0.25, 0.3) is 0 Å². The summed E-state index contributed by atoms with van der Waals surface area (Å²) in [7, 11) is -0.975. The third-order valence-corrected chi connectivity index (χ3v) is 12.7. The standard InChI is InChI=1S/C26H57P.ClH.H3P/c1-5-9-12-15-18-21-24-27(8-4,25-22-19-16-13-10-6-2)26-23-20-17-14-11-7-3;;/h27H,5-26H2,1-4H3;1H;1H3. The molecule has 0 aromatic carbocycles. The molecular weight excluding hydrogens is 410 g/mol. The van der Waals surface area contributed by atoms with E-state index in [1.165, 1.54) is 96.3 Å². The van der Waals surface area contributed by atoms with Crippen molar-refractivity contribution in [3.05, 3.63) is 0 Å². The number of rotatable bonds is 22. The predicted molar refractivity (Wildman–Crippen MR) is 152 cm³/mol. The molecule has 0 N–H and O–H groups in total. The van der Waals surface area contributed by atoms with Gasteiger partial charge in [-0.3, -0.25) is 0 Å². The molecule has 1 unspecified atom stereocenters. The van der Waals surface area contributed by atoms with Crippen molar-refractivity contribution >= 4 is 29.6 Å². The van der Waals surface area contributed by atoms with Crippen LogP contribution in [0.25, 0.3) is 0 Å². The van der Waals surface area contributed by atoms with Crippen LogP contribution in [0.4, 0.5) is 0 Å². The zero-order valence-electron chi connectivity index (χ0n) is 21.2. The molecule has 182 valence electrons. The number of hydrogen-bond acceptors (Lipinski definition) is 0. The minimum absolute atomic E-state index is 0. The van der Waals surface area contributed by atoms with E-state index in [-0.39, 0.29) is 22.3 Å². The van der Waals surface area contributed by atoms with Crippen LogP contribution in [-0.2, 0) is 0 Å². The first-order chi connectivity index (χ1) is 13.2. The molecule has 0 aromatic heterocycles. The summed E-state index contributed by atoms with van der Waals surface area (Å²) in [5.74, 6) is 0. The summed E-state index contributed by atoms with van der Waals surface area (Å²) < 4.78 is 0. The van der Waals surface area contributed by atoms with Gasteiger partial charge in [0.2, 0.25) is 0 Å². The van der Waals surface area contributed by atoms with Gasteiger partial charge in [-0.05, 0) is 0 Å². The molecule has 0 rings (SSSR count). The minimum Gasteiger partial charge on any atom is -0.153 e. The first-order valence-electron chi connectivity index (χ1n) is 13.2. The number of unbranched alkanes of at least 4 members (excludes halogenated alkanes) is 15. The fourth-order valence-electron chi connectivity index (χ4n) is 4.75. The first-order valence-corrected chi connectivity index (χ1v) is 16.1. The van der Waals surface area contributed by atoms with Gasteiger partial charge in [-0.1, -0.05) is 0 Å². The maximum absolute atomic E-state index is 2.55. The zero-order valence-corrected chi connectivity index (χ0v) is 24.4. The molecule has 0 amide bonds. The summed E-state index contributed by atoms with van der Waals surface area (Å²) in [5, 5.41) is 0. The molecule has 3 heteroatoms. The molecule has 0 aliphatic carbocycles. The maximum Gasteiger partial charge on any atom is -0.147 e. The molecule has 0 radical (unpaired) electrons. The van der Waals surface area contributed by atoms with E-state index < -0.39 is 7.26 Å². The van der Waals surface area contributed by atoms with Crippen molar-refractivity contribution in [2.45, 2.75) is 143 Å². The van der Waals surface area contributed by atoms with Gasteiger partial charge in [0.15, 0.2) is 0 Å². The summed E-state index contributed by atoms with van der Waals surface area (Å²) in [6.45, 7) is 9.54. The van der Waals surface area contributed by atoms with E-state index >= 15 is 0 Å². The van der Waals surface area contributed by atoms with Gasteiger partial charge in [0, 0.05) is 0 Å².